The molecule has 0 aromatic heterocycles. The van der Waals surface area contributed by atoms with E-state index in [0.29, 0.717) is 0 Å². The highest BCUT2D eigenvalue weighted by Gasteiger charge is 2.35. The first-order chi connectivity index (χ1) is 21.6. The Balaban J connectivity index is 1.29. The van der Waals surface area contributed by atoms with Crippen LogP contribution in [0.1, 0.15) is 50.8 Å². The third kappa shape index (κ3) is 5.62. The van der Waals surface area contributed by atoms with Crippen LogP contribution in [0.15, 0.2) is 163 Å². The van der Waals surface area contributed by atoms with E-state index in [4.69, 9.17) is 0 Å². The van der Waals surface area contributed by atoms with E-state index in [-0.39, 0.29) is 11.8 Å². The highest BCUT2D eigenvalue weighted by molar-refractivity contribution is 5.77. The average Bonchev–Trinajstić information content (AvgIpc) is 3.42. The number of anilines is 3. The lowest BCUT2D eigenvalue weighted by Crippen LogP contribution is -2.12. The van der Waals surface area contributed by atoms with Crippen LogP contribution in [0.4, 0.5) is 17.1 Å². The van der Waals surface area contributed by atoms with Gasteiger partial charge in [-0.1, -0.05) is 144 Å². The lowest BCUT2D eigenvalue weighted by molar-refractivity contribution is 0.700. The average molecular weight is 568 g/mol. The van der Waals surface area contributed by atoms with Crippen molar-refractivity contribution >= 4 is 23.1 Å². The van der Waals surface area contributed by atoms with Gasteiger partial charge in [0.05, 0.1) is 0 Å². The number of rotatable bonds is 7. The summed E-state index contributed by atoms with van der Waals surface area (Å²) >= 11 is 0. The van der Waals surface area contributed by atoms with Crippen LogP contribution in [0, 0.1) is 13.8 Å². The second kappa shape index (κ2) is 12.2. The maximum atomic E-state index is 2.44. The molecule has 0 saturated carbocycles. The van der Waals surface area contributed by atoms with Crippen molar-refractivity contribution in [1.82, 2.24) is 0 Å². The quantitative estimate of drug-likeness (QED) is 0.185. The molecule has 1 heteroatoms. The van der Waals surface area contributed by atoms with Crippen LogP contribution in [-0.2, 0) is 6.42 Å². The van der Waals surface area contributed by atoms with Crippen molar-refractivity contribution in [3.63, 3.8) is 0 Å². The number of allylic oxidation sites excluding steroid dienone is 1. The Bertz CT molecular complexity index is 1780. The summed E-state index contributed by atoms with van der Waals surface area (Å²) in [6, 6.07) is 57.7. The molecule has 0 heterocycles. The van der Waals surface area contributed by atoms with Crippen molar-refractivity contribution in [2.24, 2.45) is 0 Å². The fraction of sp³-hybridized carbons (Fsp3) is 0.116. The summed E-state index contributed by atoms with van der Waals surface area (Å²) in [7, 11) is 0. The molecular formula is C43H37N. The first-order valence-corrected chi connectivity index (χ1v) is 15.6. The molecule has 1 aliphatic carbocycles. The minimum absolute atomic E-state index is 0.241. The Kier molecular flexibility index (Phi) is 7.69. The molecule has 214 valence electrons. The minimum Gasteiger partial charge on any atom is -0.311 e. The molecule has 0 radical (unpaired) electrons. The van der Waals surface area contributed by atoms with Crippen LogP contribution >= 0.6 is 0 Å². The third-order valence-corrected chi connectivity index (χ3v) is 8.92. The summed E-state index contributed by atoms with van der Waals surface area (Å²) in [4.78, 5) is 2.34. The van der Waals surface area contributed by atoms with Crippen LogP contribution in [0.25, 0.3) is 6.08 Å². The Hall–Kier alpha value is -5.14. The standard InChI is InChI=1S/C43H37N/c1-31-17-23-38(24-18-31)44(39-25-19-32(2)20-26-39)40-27-21-33(22-28-40)29-37-30-36-15-9-10-16-41(36)43(37)42(34-11-5-3-6-12-34)35-13-7-4-8-14-35/h3-29,42-43H,30H2,1-2H3/b37-29+. The summed E-state index contributed by atoms with van der Waals surface area (Å²) in [6.07, 6.45) is 3.41. The molecule has 1 atom stereocenters. The highest BCUT2D eigenvalue weighted by atomic mass is 15.1. The molecule has 0 aliphatic heterocycles. The summed E-state index contributed by atoms with van der Waals surface area (Å²) in [5.41, 5.74) is 14.3. The van der Waals surface area contributed by atoms with Gasteiger partial charge in [0, 0.05) is 28.9 Å². The van der Waals surface area contributed by atoms with Crippen LogP contribution in [0.2, 0.25) is 0 Å². The SMILES string of the molecule is Cc1ccc(N(c2ccc(C)cc2)c2ccc(/C=C3\Cc4ccccc4C3C(c3ccccc3)c3ccccc3)cc2)cc1. The molecule has 7 rings (SSSR count). The van der Waals surface area contributed by atoms with Gasteiger partial charge in [-0.25, -0.2) is 0 Å². The van der Waals surface area contributed by atoms with Gasteiger partial charge in [0.15, 0.2) is 0 Å². The predicted molar refractivity (Wildman–Crippen MR) is 186 cm³/mol. The molecule has 6 aromatic rings. The number of benzene rings is 6. The van der Waals surface area contributed by atoms with Crippen molar-refractivity contribution in [3.8, 4) is 0 Å². The topological polar surface area (TPSA) is 3.24 Å². The lowest BCUT2D eigenvalue weighted by atomic mass is 9.76. The van der Waals surface area contributed by atoms with Gasteiger partial charge in [-0.15, -0.1) is 0 Å². The number of hydrogen-bond acceptors (Lipinski definition) is 1. The first kappa shape index (κ1) is 27.7. The summed E-state index contributed by atoms with van der Waals surface area (Å²) < 4.78 is 0. The van der Waals surface area contributed by atoms with E-state index in [0.717, 1.165) is 23.5 Å². The number of nitrogens with zero attached hydrogens (tertiary/aromatic N) is 1. The second-order valence-corrected chi connectivity index (χ2v) is 12.0. The fourth-order valence-corrected chi connectivity index (χ4v) is 6.73. The van der Waals surface area contributed by atoms with E-state index in [1.54, 1.807) is 0 Å². The zero-order chi connectivity index (χ0) is 29.9. The molecule has 0 bridgehead atoms. The second-order valence-electron chi connectivity index (χ2n) is 12.0. The van der Waals surface area contributed by atoms with Gasteiger partial charge in [0.2, 0.25) is 0 Å². The first-order valence-electron chi connectivity index (χ1n) is 15.6. The minimum atomic E-state index is 0.241. The summed E-state index contributed by atoms with van der Waals surface area (Å²) in [5, 5.41) is 0. The van der Waals surface area contributed by atoms with Gasteiger partial charge in [-0.2, -0.15) is 0 Å². The molecule has 6 aromatic carbocycles. The predicted octanol–water partition coefficient (Wildman–Crippen LogP) is 11.3. The molecular weight excluding hydrogens is 530 g/mol. The highest BCUT2D eigenvalue weighted by Crippen LogP contribution is 2.49. The van der Waals surface area contributed by atoms with Crippen molar-refractivity contribution in [1.29, 1.82) is 0 Å². The van der Waals surface area contributed by atoms with Crippen molar-refractivity contribution < 1.29 is 0 Å². The lowest BCUT2D eigenvalue weighted by Gasteiger charge is -2.28. The molecule has 44 heavy (non-hydrogen) atoms. The van der Waals surface area contributed by atoms with E-state index < -0.39 is 0 Å². The van der Waals surface area contributed by atoms with Gasteiger partial charge in [-0.05, 0) is 84.5 Å². The normalized spacial score (nSPS) is 15.0. The van der Waals surface area contributed by atoms with Gasteiger partial charge in [0.1, 0.15) is 0 Å². The molecule has 0 saturated heterocycles. The molecule has 1 aliphatic rings. The van der Waals surface area contributed by atoms with Gasteiger partial charge < -0.3 is 4.90 Å². The Morgan fingerprint density at radius 2 is 0.977 bits per heavy atom. The summed E-state index contributed by atoms with van der Waals surface area (Å²) in [6.45, 7) is 4.27. The van der Waals surface area contributed by atoms with Crippen LogP contribution in [0.5, 0.6) is 0 Å². The molecule has 1 unspecified atom stereocenters. The van der Waals surface area contributed by atoms with E-state index in [1.807, 2.05) is 0 Å². The monoisotopic (exact) mass is 567 g/mol. The van der Waals surface area contributed by atoms with Crippen molar-refractivity contribution in [3.05, 3.63) is 202 Å². The molecule has 0 N–H and O–H groups in total. The van der Waals surface area contributed by atoms with Crippen molar-refractivity contribution in [2.75, 3.05) is 4.90 Å². The molecule has 0 fully saturated rings. The van der Waals surface area contributed by atoms with E-state index in [9.17, 15) is 0 Å². The van der Waals surface area contributed by atoms with Crippen LogP contribution in [0.3, 0.4) is 0 Å². The van der Waals surface area contributed by atoms with Crippen LogP contribution in [-0.4, -0.2) is 0 Å². The fourth-order valence-electron chi connectivity index (χ4n) is 6.73. The Morgan fingerprint density at radius 1 is 0.523 bits per heavy atom. The van der Waals surface area contributed by atoms with E-state index in [2.05, 4.69) is 183 Å². The largest absolute Gasteiger partial charge is 0.311 e. The van der Waals surface area contributed by atoms with Crippen LogP contribution < -0.4 is 4.90 Å². The van der Waals surface area contributed by atoms with Gasteiger partial charge in [0.25, 0.3) is 0 Å². The zero-order valence-electron chi connectivity index (χ0n) is 25.4. The third-order valence-electron chi connectivity index (χ3n) is 8.92. The molecule has 1 nitrogen and oxygen atoms in total. The maximum Gasteiger partial charge on any atom is 0.0462 e. The van der Waals surface area contributed by atoms with Gasteiger partial charge >= 0.3 is 0 Å². The molecule has 0 spiro atoms. The van der Waals surface area contributed by atoms with E-state index >= 15 is 0 Å². The smallest absolute Gasteiger partial charge is 0.0462 e. The Morgan fingerprint density at radius 3 is 1.50 bits per heavy atom. The van der Waals surface area contributed by atoms with E-state index in [1.165, 1.54) is 44.5 Å². The molecule has 0 amide bonds. The van der Waals surface area contributed by atoms with Gasteiger partial charge in [-0.3, -0.25) is 0 Å². The van der Waals surface area contributed by atoms with Crippen molar-refractivity contribution in [2.45, 2.75) is 32.1 Å². The Labute approximate surface area is 261 Å². The number of hydrogen-bond donors (Lipinski definition) is 0. The zero-order valence-corrected chi connectivity index (χ0v) is 25.4. The number of aryl methyl sites for hydroxylation is 2. The number of fused-ring (bicyclic) bond motifs is 1. The summed E-state index contributed by atoms with van der Waals surface area (Å²) in [5.74, 6) is 0.512. The maximum absolute atomic E-state index is 2.44.